The molecule has 0 saturated heterocycles. The summed E-state index contributed by atoms with van der Waals surface area (Å²) in [7, 11) is 0. The number of nitrogens with one attached hydrogen (secondary N) is 3. The largest absolute Gasteiger partial charge is 0.491 e. The number of benzene rings is 2. The van der Waals surface area contributed by atoms with Crippen LogP contribution in [0.1, 0.15) is 49.5 Å². The molecule has 10 nitrogen and oxygen atoms in total. The fraction of sp³-hybridized carbons (Fsp3) is 0.448. The minimum atomic E-state index is -1.27. The molecule has 3 rings (SSSR count). The summed E-state index contributed by atoms with van der Waals surface area (Å²) in [5.41, 5.74) is 1.06. The standard InChI is InChI=1S/C29H38N4O6/c1-19(2)15-23-28(37)30-20(3)18-39-25-12-8-7-11-22(25)27(36)31-24(29(38)32-23)16-26(35)33(13-14-34)17-21-9-5-4-6-10-21/h4-12,19-20,23-24,34H,13-18H2,1-3H3,(H,30,37)(H,31,36)(H,32,38)/t20-,23-,24-/m0/s1. The Kier molecular flexibility index (Phi) is 10.9. The van der Waals surface area contributed by atoms with Gasteiger partial charge in [-0.25, -0.2) is 0 Å². The van der Waals surface area contributed by atoms with Crippen molar-refractivity contribution < 1.29 is 29.0 Å². The third kappa shape index (κ3) is 8.81. The predicted molar refractivity (Wildman–Crippen MR) is 146 cm³/mol. The fourth-order valence-electron chi connectivity index (χ4n) is 4.32. The number of carbonyl (C=O) groups is 4. The van der Waals surface area contributed by atoms with Crippen LogP contribution in [0, 0.1) is 5.92 Å². The molecule has 0 spiro atoms. The monoisotopic (exact) mass is 538 g/mol. The van der Waals surface area contributed by atoms with Crippen LogP contribution in [-0.2, 0) is 20.9 Å². The highest BCUT2D eigenvalue weighted by molar-refractivity contribution is 6.01. The third-order valence-corrected chi connectivity index (χ3v) is 6.29. The molecule has 1 aliphatic rings. The highest BCUT2D eigenvalue weighted by Gasteiger charge is 2.32. The molecular weight excluding hydrogens is 500 g/mol. The van der Waals surface area contributed by atoms with E-state index in [2.05, 4.69) is 16.0 Å². The Morgan fingerprint density at radius 1 is 0.974 bits per heavy atom. The van der Waals surface area contributed by atoms with Crippen molar-refractivity contribution in [3.8, 4) is 5.75 Å². The van der Waals surface area contributed by atoms with Crippen molar-refractivity contribution >= 4 is 23.6 Å². The van der Waals surface area contributed by atoms with E-state index in [9.17, 15) is 24.3 Å². The number of fused-ring (bicyclic) bond motifs is 1. The van der Waals surface area contributed by atoms with E-state index in [1.165, 1.54) is 4.90 Å². The van der Waals surface area contributed by atoms with Crippen molar-refractivity contribution in [1.82, 2.24) is 20.9 Å². The number of amides is 4. The molecule has 2 aromatic rings. The second-order valence-electron chi connectivity index (χ2n) is 10.2. The van der Waals surface area contributed by atoms with Crippen molar-refractivity contribution in [1.29, 1.82) is 0 Å². The maximum absolute atomic E-state index is 13.5. The normalized spacial score (nSPS) is 20.2. The molecule has 1 aliphatic heterocycles. The molecule has 1 heterocycles. The van der Waals surface area contributed by atoms with Gasteiger partial charge in [-0.15, -0.1) is 0 Å². The van der Waals surface area contributed by atoms with Gasteiger partial charge in [-0.3, -0.25) is 19.2 Å². The van der Waals surface area contributed by atoms with E-state index in [0.717, 1.165) is 5.56 Å². The van der Waals surface area contributed by atoms with Crippen LogP contribution in [-0.4, -0.2) is 71.5 Å². The highest BCUT2D eigenvalue weighted by atomic mass is 16.5. The van der Waals surface area contributed by atoms with Gasteiger partial charge in [-0.2, -0.15) is 0 Å². The Balaban J connectivity index is 1.91. The first-order chi connectivity index (χ1) is 18.7. The number of carbonyl (C=O) groups excluding carboxylic acids is 4. The summed E-state index contributed by atoms with van der Waals surface area (Å²) >= 11 is 0. The molecule has 2 aromatic carbocycles. The number of para-hydroxylation sites is 1. The first kappa shape index (κ1) is 29.6. The summed E-state index contributed by atoms with van der Waals surface area (Å²) in [6.07, 6.45) is 0.00445. The Labute approximate surface area is 229 Å². The molecule has 0 fully saturated rings. The van der Waals surface area contributed by atoms with Crippen LogP contribution in [0.5, 0.6) is 5.75 Å². The van der Waals surface area contributed by atoms with E-state index < -0.39 is 29.8 Å². The van der Waals surface area contributed by atoms with Gasteiger partial charge in [0.2, 0.25) is 17.7 Å². The number of nitrogens with zero attached hydrogens (tertiary/aromatic N) is 1. The minimum Gasteiger partial charge on any atom is -0.491 e. The molecule has 0 saturated carbocycles. The zero-order chi connectivity index (χ0) is 28.4. The summed E-state index contributed by atoms with van der Waals surface area (Å²) in [5, 5.41) is 17.9. The first-order valence-corrected chi connectivity index (χ1v) is 13.2. The number of aliphatic hydroxyl groups is 1. The lowest BCUT2D eigenvalue weighted by atomic mass is 10.0. The van der Waals surface area contributed by atoms with Crippen molar-refractivity contribution in [3.05, 3.63) is 65.7 Å². The lowest BCUT2D eigenvalue weighted by Gasteiger charge is -2.27. The molecule has 0 aliphatic carbocycles. The van der Waals surface area contributed by atoms with Crippen molar-refractivity contribution in [2.75, 3.05) is 19.8 Å². The first-order valence-electron chi connectivity index (χ1n) is 13.2. The quantitative estimate of drug-likeness (QED) is 0.403. The van der Waals surface area contributed by atoms with Gasteiger partial charge in [0.05, 0.1) is 24.6 Å². The van der Waals surface area contributed by atoms with Gasteiger partial charge in [0.15, 0.2) is 0 Å². The maximum atomic E-state index is 13.5. The summed E-state index contributed by atoms with van der Waals surface area (Å²) < 4.78 is 5.84. The number of hydrogen-bond acceptors (Lipinski definition) is 6. The Hall–Kier alpha value is -3.92. The van der Waals surface area contributed by atoms with Gasteiger partial charge in [0.25, 0.3) is 5.91 Å². The Morgan fingerprint density at radius 3 is 2.33 bits per heavy atom. The summed E-state index contributed by atoms with van der Waals surface area (Å²) in [5.74, 6) is -1.64. The summed E-state index contributed by atoms with van der Waals surface area (Å²) in [6, 6.07) is 13.3. The van der Waals surface area contributed by atoms with Gasteiger partial charge in [0.1, 0.15) is 24.4 Å². The van der Waals surface area contributed by atoms with Crippen LogP contribution >= 0.6 is 0 Å². The lowest BCUT2D eigenvalue weighted by molar-refractivity contribution is -0.136. The molecule has 0 aromatic heterocycles. The molecular formula is C29H38N4O6. The third-order valence-electron chi connectivity index (χ3n) is 6.29. The van der Waals surface area contributed by atoms with Gasteiger partial charge in [0, 0.05) is 13.1 Å². The molecule has 4 N–H and O–H groups in total. The Morgan fingerprint density at radius 2 is 1.64 bits per heavy atom. The SMILES string of the molecule is CC(C)C[C@@H]1NC(=O)[C@H](CC(=O)N(CCO)Cc2ccccc2)NC(=O)c2ccccc2OC[C@H](C)NC1=O. The lowest BCUT2D eigenvalue weighted by Crippen LogP contribution is -2.56. The molecule has 3 atom stereocenters. The zero-order valence-electron chi connectivity index (χ0n) is 22.7. The maximum Gasteiger partial charge on any atom is 0.255 e. The average molecular weight is 539 g/mol. The van der Waals surface area contributed by atoms with E-state index in [0.29, 0.717) is 12.2 Å². The van der Waals surface area contributed by atoms with Crippen LogP contribution in [0.3, 0.4) is 0 Å². The molecule has 4 amide bonds. The fourth-order valence-corrected chi connectivity index (χ4v) is 4.32. The van der Waals surface area contributed by atoms with E-state index in [-0.39, 0.29) is 56.2 Å². The van der Waals surface area contributed by atoms with Crippen molar-refractivity contribution in [3.63, 3.8) is 0 Å². The molecule has 0 radical (unpaired) electrons. The van der Waals surface area contributed by atoms with E-state index in [4.69, 9.17) is 4.74 Å². The second kappa shape index (κ2) is 14.3. The molecule has 0 unspecified atom stereocenters. The molecule has 39 heavy (non-hydrogen) atoms. The van der Waals surface area contributed by atoms with E-state index in [1.807, 2.05) is 44.2 Å². The van der Waals surface area contributed by atoms with Gasteiger partial charge >= 0.3 is 0 Å². The minimum absolute atomic E-state index is 0.0585. The predicted octanol–water partition coefficient (Wildman–Crippen LogP) is 1.62. The topological polar surface area (TPSA) is 137 Å². The van der Waals surface area contributed by atoms with Gasteiger partial charge < -0.3 is 30.7 Å². The molecule has 10 heteroatoms. The van der Waals surface area contributed by atoms with Gasteiger partial charge in [-0.1, -0.05) is 56.3 Å². The highest BCUT2D eigenvalue weighted by Crippen LogP contribution is 2.19. The zero-order valence-corrected chi connectivity index (χ0v) is 22.7. The van der Waals surface area contributed by atoms with Crippen LogP contribution in [0.25, 0.3) is 0 Å². The van der Waals surface area contributed by atoms with Crippen molar-refractivity contribution in [2.45, 2.75) is 58.3 Å². The second-order valence-corrected chi connectivity index (χ2v) is 10.2. The molecule has 0 bridgehead atoms. The van der Waals surface area contributed by atoms with Crippen molar-refractivity contribution in [2.24, 2.45) is 5.92 Å². The van der Waals surface area contributed by atoms with Gasteiger partial charge in [-0.05, 0) is 37.0 Å². The number of hydrogen-bond donors (Lipinski definition) is 4. The van der Waals surface area contributed by atoms with Crippen LogP contribution in [0.2, 0.25) is 0 Å². The van der Waals surface area contributed by atoms with Crippen LogP contribution in [0.15, 0.2) is 54.6 Å². The molecule has 210 valence electrons. The average Bonchev–Trinajstić information content (AvgIpc) is 2.91. The van der Waals surface area contributed by atoms with E-state index in [1.54, 1.807) is 31.2 Å². The summed E-state index contributed by atoms with van der Waals surface area (Å²) in [6.45, 7) is 5.79. The van der Waals surface area contributed by atoms with Crippen LogP contribution in [0.4, 0.5) is 0 Å². The number of ether oxygens (including phenoxy) is 1. The van der Waals surface area contributed by atoms with E-state index >= 15 is 0 Å². The summed E-state index contributed by atoms with van der Waals surface area (Å²) in [4.78, 5) is 54.7. The number of aliphatic hydroxyl groups excluding tert-OH is 1. The number of rotatable bonds is 8. The smallest absolute Gasteiger partial charge is 0.255 e. The Bertz CT molecular complexity index is 1140. The van der Waals surface area contributed by atoms with Crippen LogP contribution < -0.4 is 20.7 Å².